The van der Waals surface area contributed by atoms with Crippen LogP contribution in [0.1, 0.15) is 41.7 Å². The molecule has 9 heteroatoms. The van der Waals surface area contributed by atoms with Gasteiger partial charge < -0.3 is 4.90 Å². The molecule has 1 amide bonds. The Bertz CT molecular complexity index is 1010. The molecule has 6 nitrogen and oxygen atoms in total. The first-order valence-corrected chi connectivity index (χ1v) is 10.2. The van der Waals surface area contributed by atoms with Crippen molar-refractivity contribution >= 4 is 5.91 Å². The number of halogens is 3. The van der Waals surface area contributed by atoms with E-state index in [1.165, 1.54) is 6.07 Å². The molecule has 1 aliphatic rings. The Balaban J connectivity index is 1.48. The van der Waals surface area contributed by atoms with Crippen LogP contribution in [0.25, 0.3) is 11.3 Å². The quantitative estimate of drug-likeness (QED) is 0.581. The van der Waals surface area contributed by atoms with Crippen LogP contribution in [0.2, 0.25) is 0 Å². The minimum Gasteiger partial charge on any atom is -0.334 e. The molecule has 0 atom stereocenters. The molecule has 1 fully saturated rings. The summed E-state index contributed by atoms with van der Waals surface area (Å²) in [4.78, 5) is 22.3. The number of carbonyl (C=O) groups excluding carboxylic acids is 1. The fraction of sp³-hybridized carbons (Fsp3) is 0.364. The van der Waals surface area contributed by atoms with Gasteiger partial charge in [-0.15, -0.1) is 0 Å². The lowest BCUT2D eigenvalue weighted by Gasteiger charge is -2.29. The molecule has 0 saturated heterocycles. The number of hydrogen-bond acceptors (Lipinski definition) is 4. The van der Waals surface area contributed by atoms with E-state index in [1.807, 2.05) is 24.4 Å². The molecule has 0 bridgehead atoms. The molecule has 0 N–H and O–H groups in total. The lowest BCUT2D eigenvalue weighted by atomic mass is 10.1. The fourth-order valence-corrected chi connectivity index (χ4v) is 3.89. The van der Waals surface area contributed by atoms with Crippen LogP contribution in [0.15, 0.2) is 55.1 Å². The maximum Gasteiger partial charge on any atom is 0.433 e. The van der Waals surface area contributed by atoms with Crippen molar-refractivity contribution in [3.63, 3.8) is 0 Å². The van der Waals surface area contributed by atoms with Gasteiger partial charge in [0, 0.05) is 42.9 Å². The smallest absolute Gasteiger partial charge is 0.334 e. The lowest BCUT2D eigenvalue weighted by Crippen LogP contribution is -2.41. The summed E-state index contributed by atoms with van der Waals surface area (Å²) < 4.78 is 40.1. The maximum absolute atomic E-state index is 13.1. The number of amides is 1. The van der Waals surface area contributed by atoms with E-state index in [-0.39, 0.29) is 17.5 Å². The van der Waals surface area contributed by atoms with Gasteiger partial charge in [-0.05, 0) is 43.2 Å². The Morgan fingerprint density at radius 2 is 1.84 bits per heavy atom. The number of aromatic nitrogens is 4. The van der Waals surface area contributed by atoms with Crippen molar-refractivity contribution in [2.75, 3.05) is 6.54 Å². The summed E-state index contributed by atoms with van der Waals surface area (Å²) in [5.41, 5.74) is 0.927. The second-order valence-electron chi connectivity index (χ2n) is 7.57. The SMILES string of the molecule is O=C(c1ccc(C(F)(F)F)nc1)N(CCn1ccc(-c2ccncc2)n1)C1CCCC1. The predicted molar refractivity (Wildman–Crippen MR) is 108 cm³/mol. The van der Waals surface area contributed by atoms with Crippen LogP contribution < -0.4 is 0 Å². The van der Waals surface area contributed by atoms with Crippen LogP contribution in [-0.4, -0.2) is 43.1 Å². The number of carbonyl (C=O) groups is 1. The molecule has 31 heavy (non-hydrogen) atoms. The summed E-state index contributed by atoms with van der Waals surface area (Å²) in [5.74, 6) is -0.297. The lowest BCUT2D eigenvalue weighted by molar-refractivity contribution is -0.141. The third-order valence-electron chi connectivity index (χ3n) is 5.51. The first-order chi connectivity index (χ1) is 14.9. The van der Waals surface area contributed by atoms with Crippen molar-refractivity contribution in [2.24, 2.45) is 0 Å². The van der Waals surface area contributed by atoms with E-state index < -0.39 is 11.9 Å². The number of pyridine rings is 2. The molecule has 162 valence electrons. The first-order valence-electron chi connectivity index (χ1n) is 10.2. The van der Waals surface area contributed by atoms with Crippen LogP contribution in [0.5, 0.6) is 0 Å². The molecule has 3 heterocycles. The summed E-state index contributed by atoms with van der Waals surface area (Å²) in [6, 6.07) is 7.78. The van der Waals surface area contributed by atoms with Gasteiger partial charge in [0.2, 0.25) is 0 Å². The molecule has 1 saturated carbocycles. The van der Waals surface area contributed by atoms with Gasteiger partial charge in [0.25, 0.3) is 5.91 Å². The van der Waals surface area contributed by atoms with Crippen molar-refractivity contribution < 1.29 is 18.0 Å². The van der Waals surface area contributed by atoms with E-state index in [2.05, 4.69) is 15.1 Å². The Kier molecular flexibility index (Phi) is 6.01. The molecule has 0 aliphatic heterocycles. The van der Waals surface area contributed by atoms with E-state index in [1.54, 1.807) is 22.0 Å². The van der Waals surface area contributed by atoms with Gasteiger partial charge in [-0.2, -0.15) is 18.3 Å². The van der Waals surface area contributed by atoms with Gasteiger partial charge in [-0.1, -0.05) is 12.8 Å². The van der Waals surface area contributed by atoms with Gasteiger partial charge in [0.05, 0.1) is 17.8 Å². The van der Waals surface area contributed by atoms with E-state index in [9.17, 15) is 18.0 Å². The third-order valence-corrected chi connectivity index (χ3v) is 5.51. The van der Waals surface area contributed by atoms with Crippen LogP contribution in [0.4, 0.5) is 13.2 Å². The highest BCUT2D eigenvalue weighted by Crippen LogP contribution is 2.28. The highest BCUT2D eigenvalue weighted by molar-refractivity contribution is 5.94. The fourth-order valence-electron chi connectivity index (χ4n) is 3.89. The second kappa shape index (κ2) is 8.87. The summed E-state index contributed by atoms with van der Waals surface area (Å²) in [6.45, 7) is 0.906. The maximum atomic E-state index is 13.1. The van der Waals surface area contributed by atoms with Gasteiger partial charge in [0.15, 0.2) is 0 Å². The molecular weight excluding hydrogens is 407 g/mol. The van der Waals surface area contributed by atoms with E-state index in [0.717, 1.165) is 49.2 Å². The third kappa shape index (κ3) is 4.92. The number of alkyl halides is 3. The number of rotatable bonds is 6. The summed E-state index contributed by atoms with van der Waals surface area (Å²) in [5, 5.41) is 4.56. The molecule has 0 radical (unpaired) electrons. The average molecular weight is 429 g/mol. The Morgan fingerprint density at radius 1 is 1.10 bits per heavy atom. The summed E-state index contributed by atoms with van der Waals surface area (Å²) in [6.07, 6.45) is 5.60. The van der Waals surface area contributed by atoms with E-state index in [0.29, 0.717) is 13.1 Å². The van der Waals surface area contributed by atoms with E-state index in [4.69, 9.17) is 0 Å². The zero-order chi connectivity index (χ0) is 21.8. The highest BCUT2D eigenvalue weighted by Gasteiger charge is 2.33. The zero-order valence-electron chi connectivity index (χ0n) is 16.8. The topological polar surface area (TPSA) is 63.9 Å². The van der Waals surface area contributed by atoms with Crippen LogP contribution in [0, 0.1) is 0 Å². The van der Waals surface area contributed by atoms with Crippen molar-refractivity contribution in [1.82, 2.24) is 24.6 Å². The van der Waals surface area contributed by atoms with Gasteiger partial charge in [-0.25, -0.2) is 0 Å². The summed E-state index contributed by atoms with van der Waals surface area (Å²) in [7, 11) is 0. The first kappa shape index (κ1) is 21.0. The molecule has 0 spiro atoms. The van der Waals surface area contributed by atoms with Crippen molar-refractivity contribution in [3.8, 4) is 11.3 Å². The predicted octanol–water partition coefficient (Wildman–Crippen LogP) is 4.44. The Morgan fingerprint density at radius 3 is 2.48 bits per heavy atom. The largest absolute Gasteiger partial charge is 0.433 e. The normalized spacial score (nSPS) is 14.7. The number of hydrogen-bond donors (Lipinski definition) is 0. The van der Waals surface area contributed by atoms with Crippen molar-refractivity contribution in [1.29, 1.82) is 0 Å². The van der Waals surface area contributed by atoms with Crippen LogP contribution >= 0.6 is 0 Å². The molecule has 0 aromatic carbocycles. The Hall–Kier alpha value is -3.23. The standard InChI is InChI=1S/C22H22F3N5O/c23-22(24,25)20-6-5-17(15-27-20)21(31)30(18-3-1-2-4-18)14-13-29-12-9-19(28-29)16-7-10-26-11-8-16/h5-12,15,18H,1-4,13-14H2. The minimum atomic E-state index is -4.53. The van der Waals surface area contributed by atoms with Gasteiger partial charge in [0.1, 0.15) is 5.69 Å². The summed E-state index contributed by atoms with van der Waals surface area (Å²) >= 11 is 0. The molecule has 3 aromatic heterocycles. The molecule has 0 unspecified atom stereocenters. The second-order valence-corrected chi connectivity index (χ2v) is 7.57. The minimum absolute atomic E-state index is 0.0741. The monoisotopic (exact) mass is 429 g/mol. The molecule has 1 aliphatic carbocycles. The number of nitrogens with zero attached hydrogens (tertiary/aromatic N) is 5. The van der Waals surface area contributed by atoms with Gasteiger partial charge >= 0.3 is 6.18 Å². The zero-order valence-corrected chi connectivity index (χ0v) is 16.8. The van der Waals surface area contributed by atoms with Crippen LogP contribution in [0.3, 0.4) is 0 Å². The average Bonchev–Trinajstić information content (AvgIpc) is 3.46. The van der Waals surface area contributed by atoms with Crippen molar-refractivity contribution in [2.45, 2.75) is 44.4 Å². The highest BCUT2D eigenvalue weighted by atomic mass is 19.4. The molecular formula is C22H22F3N5O. The van der Waals surface area contributed by atoms with E-state index >= 15 is 0 Å². The Labute approximate surface area is 177 Å². The molecule has 3 aromatic rings. The van der Waals surface area contributed by atoms with Crippen molar-refractivity contribution in [3.05, 3.63) is 66.4 Å². The van der Waals surface area contributed by atoms with Crippen LogP contribution in [-0.2, 0) is 12.7 Å². The molecule has 4 rings (SSSR count). The van der Waals surface area contributed by atoms with Gasteiger partial charge in [-0.3, -0.25) is 19.4 Å².